The summed E-state index contributed by atoms with van der Waals surface area (Å²) in [6.45, 7) is 0.334. The van der Waals surface area contributed by atoms with Crippen molar-refractivity contribution in [3.63, 3.8) is 0 Å². The first-order valence-corrected chi connectivity index (χ1v) is 9.44. The van der Waals surface area contributed by atoms with Gasteiger partial charge in [-0.3, -0.25) is 4.79 Å². The summed E-state index contributed by atoms with van der Waals surface area (Å²) in [4.78, 5) is 17.3. The topological polar surface area (TPSA) is 94.0 Å². The molecule has 1 amide bonds. The lowest BCUT2D eigenvalue weighted by Gasteiger charge is -2.28. The number of hydrogen-bond donors (Lipinski definition) is 1. The Morgan fingerprint density at radius 2 is 2.08 bits per heavy atom. The molecule has 0 radical (unpaired) electrons. The van der Waals surface area contributed by atoms with Gasteiger partial charge in [0.05, 0.1) is 17.1 Å². The molecular formula is C17H17N3O3S. The number of nitrogens with one attached hydrogen (secondary N) is 1. The SMILES string of the molecule is N#Cc1c[nH]c(C(=O)N(Cc2ccccc2)[C@H]2CCS(=O)(=O)C2)c1. The average Bonchev–Trinajstić information content (AvgIpc) is 3.19. The zero-order valence-corrected chi connectivity index (χ0v) is 13.8. The number of nitriles is 1. The van der Waals surface area contributed by atoms with Crippen LogP contribution in [0.4, 0.5) is 0 Å². The summed E-state index contributed by atoms with van der Waals surface area (Å²) in [7, 11) is -3.10. The van der Waals surface area contributed by atoms with E-state index in [1.807, 2.05) is 36.4 Å². The van der Waals surface area contributed by atoms with E-state index in [2.05, 4.69) is 4.98 Å². The van der Waals surface area contributed by atoms with Gasteiger partial charge in [-0.25, -0.2) is 8.42 Å². The molecule has 0 saturated carbocycles. The molecule has 7 heteroatoms. The van der Waals surface area contributed by atoms with Gasteiger partial charge in [0.25, 0.3) is 5.91 Å². The predicted molar refractivity (Wildman–Crippen MR) is 88.9 cm³/mol. The first kappa shape index (κ1) is 16.3. The Labute approximate surface area is 140 Å². The van der Waals surface area contributed by atoms with E-state index in [1.54, 1.807) is 4.90 Å². The van der Waals surface area contributed by atoms with Crippen LogP contribution in [-0.4, -0.2) is 41.8 Å². The van der Waals surface area contributed by atoms with Crippen molar-refractivity contribution in [2.75, 3.05) is 11.5 Å². The highest BCUT2D eigenvalue weighted by molar-refractivity contribution is 7.91. The van der Waals surface area contributed by atoms with Crippen LogP contribution in [0.15, 0.2) is 42.6 Å². The first-order valence-electron chi connectivity index (χ1n) is 7.62. The molecule has 1 aliphatic heterocycles. The molecule has 1 aromatic carbocycles. The third-order valence-electron chi connectivity index (χ3n) is 4.15. The van der Waals surface area contributed by atoms with E-state index in [4.69, 9.17) is 5.26 Å². The molecule has 0 aliphatic carbocycles. The number of nitrogens with zero attached hydrogens (tertiary/aromatic N) is 2. The van der Waals surface area contributed by atoms with Crippen LogP contribution in [0.5, 0.6) is 0 Å². The normalized spacial score (nSPS) is 18.9. The third kappa shape index (κ3) is 3.49. The fourth-order valence-electron chi connectivity index (χ4n) is 2.91. The molecule has 1 aliphatic rings. The molecule has 6 nitrogen and oxygen atoms in total. The number of carbonyl (C=O) groups is 1. The fraction of sp³-hybridized carbons (Fsp3) is 0.294. The number of H-pyrrole nitrogens is 1. The molecular weight excluding hydrogens is 326 g/mol. The number of benzene rings is 1. The standard InChI is InChI=1S/C17H17N3O3S/c18-9-14-8-16(19-10-14)17(21)20(11-13-4-2-1-3-5-13)15-6-7-24(22,23)12-15/h1-5,8,10,15,19H,6-7,11-12H2/t15-/m0/s1. The Kier molecular flexibility index (Phi) is 4.40. The van der Waals surface area contributed by atoms with Crippen molar-refractivity contribution in [1.82, 2.24) is 9.88 Å². The molecule has 24 heavy (non-hydrogen) atoms. The van der Waals surface area contributed by atoms with Crippen LogP contribution in [0.2, 0.25) is 0 Å². The Hall–Kier alpha value is -2.59. The number of sulfone groups is 1. The van der Waals surface area contributed by atoms with Crippen molar-refractivity contribution in [2.45, 2.75) is 19.0 Å². The molecule has 0 unspecified atom stereocenters. The Morgan fingerprint density at radius 3 is 2.67 bits per heavy atom. The number of aromatic nitrogens is 1. The smallest absolute Gasteiger partial charge is 0.270 e. The zero-order chi connectivity index (χ0) is 17.2. The van der Waals surface area contributed by atoms with E-state index in [1.165, 1.54) is 12.3 Å². The zero-order valence-electron chi connectivity index (χ0n) is 13.0. The first-order chi connectivity index (χ1) is 11.5. The number of carbonyl (C=O) groups excluding carboxylic acids is 1. The van der Waals surface area contributed by atoms with Gasteiger partial charge in [0.1, 0.15) is 11.8 Å². The van der Waals surface area contributed by atoms with Gasteiger partial charge in [-0.05, 0) is 18.1 Å². The van der Waals surface area contributed by atoms with Crippen molar-refractivity contribution in [2.24, 2.45) is 0 Å². The lowest BCUT2D eigenvalue weighted by molar-refractivity contribution is 0.0675. The second-order valence-electron chi connectivity index (χ2n) is 5.89. The minimum atomic E-state index is -3.10. The summed E-state index contributed by atoms with van der Waals surface area (Å²) < 4.78 is 23.6. The summed E-state index contributed by atoms with van der Waals surface area (Å²) in [6.07, 6.45) is 1.91. The predicted octanol–water partition coefficient (Wildman–Crippen LogP) is 1.72. The number of aromatic amines is 1. The van der Waals surface area contributed by atoms with Gasteiger partial charge in [-0.2, -0.15) is 5.26 Å². The molecule has 2 heterocycles. The highest BCUT2D eigenvalue weighted by Gasteiger charge is 2.35. The van der Waals surface area contributed by atoms with Crippen LogP contribution in [0.1, 0.15) is 28.0 Å². The lowest BCUT2D eigenvalue weighted by atomic mass is 10.1. The fourth-order valence-corrected chi connectivity index (χ4v) is 4.64. The molecule has 1 N–H and O–H groups in total. The molecule has 124 valence electrons. The maximum Gasteiger partial charge on any atom is 0.270 e. The van der Waals surface area contributed by atoms with Crippen molar-refractivity contribution >= 4 is 15.7 Å². The summed E-state index contributed by atoms with van der Waals surface area (Å²) in [5, 5.41) is 8.91. The minimum absolute atomic E-state index is 0.0165. The van der Waals surface area contributed by atoms with Crippen LogP contribution in [0, 0.1) is 11.3 Å². The number of amides is 1. The van der Waals surface area contributed by atoms with E-state index in [9.17, 15) is 13.2 Å². The van der Waals surface area contributed by atoms with Crippen LogP contribution < -0.4 is 0 Å². The summed E-state index contributed by atoms with van der Waals surface area (Å²) in [6, 6.07) is 12.6. The van der Waals surface area contributed by atoms with Crippen LogP contribution in [0.3, 0.4) is 0 Å². The van der Waals surface area contributed by atoms with Gasteiger partial charge in [-0.1, -0.05) is 30.3 Å². The second kappa shape index (κ2) is 6.49. The van der Waals surface area contributed by atoms with Crippen LogP contribution in [-0.2, 0) is 16.4 Å². The van der Waals surface area contributed by atoms with Crippen molar-refractivity contribution in [3.05, 3.63) is 59.4 Å². The third-order valence-corrected chi connectivity index (χ3v) is 5.90. The van der Waals surface area contributed by atoms with Crippen molar-refractivity contribution in [1.29, 1.82) is 5.26 Å². The van der Waals surface area contributed by atoms with Gasteiger partial charge in [-0.15, -0.1) is 0 Å². The molecule has 0 spiro atoms. The highest BCUT2D eigenvalue weighted by atomic mass is 32.2. The Balaban J connectivity index is 1.89. The van der Waals surface area contributed by atoms with E-state index >= 15 is 0 Å². The maximum absolute atomic E-state index is 12.9. The number of hydrogen-bond acceptors (Lipinski definition) is 4. The van der Waals surface area contributed by atoms with Gasteiger partial charge in [0, 0.05) is 18.8 Å². The Morgan fingerprint density at radius 1 is 1.33 bits per heavy atom. The highest BCUT2D eigenvalue weighted by Crippen LogP contribution is 2.22. The molecule has 2 aromatic rings. The second-order valence-corrected chi connectivity index (χ2v) is 8.12. The monoisotopic (exact) mass is 343 g/mol. The van der Waals surface area contributed by atoms with E-state index in [0.29, 0.717) is 24.2 Å². The number of rotatable bonds is 4. The largest absolute Gasteiger partial charge is 0.356 e. The van der Waals surface area contributed by atoms with E-state index < -0.39 is 9.84 Å². The minimum Gasteiger partial charge on any atom is -0.356 e. The van der Waals surface area contributed by atoms with E-state index in [-0.39, 0.29) is 23.5 Å². The molecule has 1 atom stereocenters. The van der Waals surface area contributed by atoms with E-state index in [0.717, 1.165) is 5.56 Å². The van der Waals surface area contributed by atoms with Crippen LogP contribution in [0.25, 0.3) is 0 Å². The average molecular weight is 343 g/mol. The molecule has 1 saturated heterocycles. The maximum atomic E-state index is 12.9. The van der Waals surface area contributed by atoms with Gasteiger partial charge >= 0.3 is 0 Å². The van der Waals surface area contributed by atoms with Crippen molar-refractivity contribution < 1.29 is 13.2 Å². The van der Waals surface area contributed by atoms with Gasteiger partial charge in [0.15, 0.2) is 9.84 Å². The molecule has 1 aromatic heterocycles. The van der Waals surface area contributed by atoms with Crippen molar-refractivity contribution in [3.8, 4) is 6.07 Å². The lowest BCUT2D eigenvalue weighted by Crippen LogP contribution is -2.40. The van der Waals surface area contributed by atoms with Gasteiger partial charge in [0.2, 0.25) is 0 Å². The summed E-state index contributed by atoms with van der Waals surface area (Å²) in [5.41, 5.74) is 1.60. The van der Waals surface area contributed by atoms with Crippen LogP contribution >= 0.6 is 0 Å². The quantitative estimate of drug-likeness (QED) is 0.914. The molecule has 0 bridgehead atoms. The Bertz CT molecular complexity index is 881. The molecule has 3 rings (SSSR count). The van der Waals surface area contributed by atoms with Gasteiger partial charge < -0.3 is 9.88 Å². The summed E-state index contributed by atoms with van der Waals surface area (Å²) in [5.74, 6) is -0.204. The summed E-state index contributed by atoms with van der Waals surface area (Å²) >= 11 is 0. The molecule has 1 fully saturated rings.